The van der Waals surface area contributed by atoms with Crippen LogP contribution in [0, 0.1) is 6.92 Å². The zero-order valence-corrected chi connectivity index (χ0v) is 10.1. The number of rotatable bonds is 5. The van der Waals surface area contributed by atoms with Crippen LogP contribution in [0.1, 0.15) is 31.2 Å². The lowest BCUT2D eigenvalue weighted by Crippen LogP contribution is -1.83. The molecule has 0 bridgehead atoms. The Labute approximate surface area is 101 Å². The van der Waals surface area contributed by atoms with Crippen molar-refractivity contribution in [3.8, 4) is 0 Å². The summed E-state index contributed by atoms with van der Waals surface area (Å²) in [5.74, 6) is 0. The Morgan fingerprint density at radius 3 is 2.88 bits per heavy atom. The number of furan rings is 1. The fourth-order valence-electron chi connectivity index (χ4n) is 1.92. The van der Waals surface area contributed by atoms with Crippen LogP contribution in [-0.4, -0.2) is 0 Å². The Balaban J connectivity index is 2.07. The predicted molar refractivity (Wildman–Crippen MR) is 68.8 cm³/mol. The highest BCUT2D eigenvalue weighted by Gasteiger charge is 2.05. The first kappa shape index (κ1) is 11.5. The monoisotopic (exact) mass is 235 g/mol. The predicted octanol–water partition coefficient (Wildman–Crippen LogP) is 5.02. The molecule has 0 aliphatic carbocycles. The molecule has 0 N–H and O–H groups in total. The van der Waals surface area contributed by atoms with Gasteiger partial charge >= 0.3 is 0 Å². The molecular formula is C14H16ClO. The van der Waals surface area contributed by atoms with Gasteiger partial charge in [0.25, 0.3) is 0 Å². The van der Waals surface area contributed by atoms with E-state index in [4.69, 9.17) is 16.0 Å². The molecule has 1 radical (unpaired) electrons. The third-order valence-electron chi connectivity index (χ3n) is 2.81. The van der Waals surface area contributed by atoms with E-state index in [0.29, 0.717) is 0 Å². The second-order valence-corrected chi connectivity index (χ2v) is 4.50. The van der Waals surface area contributed by atoms with Gasteiger partial charge in [-0.3, -0.25) is 0 Å². The molecule has 0 saturated carbocycles. The fraction of sp³-hybridized carbons (Fsp3) is 0.357. The van der Waals surface area contributed by atoms with Crippen molar-refractivity contribution in [3.05, 3.63) is 42.0 Å². The van der Waals surface area contributed by atoms with Crippen LogP contribution in [-0.2, 0) is 6.42 Å². The molecule has 0 saturated heterocycles. The molecule has 1 aromatic carbocycles. The van der Waals surface area contributed by atoms with Crippen molar-refractivity contribution in [2.45, 2.75) is 32.1 Å². The largest absolute Gasteiger partial charge is 0.464 e. The molecule has 0 fully saturated rings. The smallest absolute Gasteiger partial charge is 0.135 e. The minimum absolute atomic E-state index is 0.727. The van der Waals surface area contributed by atoms with Crippen LogP contribution in [0.4, 0.5) is 0 Å². The molecule has 0 atom stereocenters. The highest BCUT2D eigenvalue weighted by molar-refractivity contribution is 6.31. The van der Waals surface area contributed by atoms with Gasteiger partial charge in [0.1, 0.15) is 5.58 Å². The summed E-state index contributed by atoms with van der Waals surface area (Å²) in [6.45, 7) is 3.85. The lowest BCUT2D eigenvalue weighted by atomic mass is 10.1. The van der Waals surface area contributed by atoms with E-state index in [1.807, 2.05) is 24.5 Å². The Bertz CT molecular complexity index is 459. The molecule has 2 heteroatoms. The first-order valence-electron chi connectivity index (χ1n) is 5.76. The van der Waals surface area contributed by atoms with Crippen molar-refractivity contribution in [2.24, 2.45) is 0 Å². The van der Waals surface area contributed by atoms with Crippen molar-refractivity contribution in [3.63, 3.8) is 0 Å². The average molecular weight is 236 g/mol. The molecule has 16 heavy (non-hydrogen) atoms. The number of hydrogen-bond donors (Lipinski definition) is 0. The van der Waals surface area contributed by atoms with E-state index in [9.17, 15) is 0 Å². The van der Waals surface area contributed by atoms with Crippen molar-refractivity contribution < 1.29 is 4.42 Å². The van der Waals surface area contributed by atoms with Crippen LogP contribution in [0.5, 0.6) is 0 Å². The Hall–Kier alpha value is -0.950. The maximum atomic E-state index is 5.91. The maximum absolute atomic E-state index is 5.91. The maximum Gasteiger partial charge on any atom is 0.135 e. The number of benzene rings is 1. The van der Waals surface area contributed by atoms with Gasteiger partial charge in [-0.2, -0.15) is 0 Å². The van der Waals surface area contributed by atoms with E-state index in [2.05, 4.69) is 6.92 Å². The Kier molecular flexibility index (Phi) is 3.89. The highest BCUT2D eigenvalue weighted by Crippen LogP contribution is 2.25. The summed E-state index contributed by atoms with van der Waals surface area (Å²) in [6, 6.07) is 5.83. The second-order valence-electron chi connectivity index (χ2n) is 4.07. The first-order chi connectivity index (χ1) is 7.81. The standard InChI is InChI=1S/C14H16ClO/c1-2-3-4-5-6-11-10-16-14-9-12(15)7-8-13(11)14/h7-10H,1-6H2. The second kappa shape index (κ2) is 5.40. The summed E-state index contributed by atoms with van der Waals surface area (Å²) in [6.07, 6.45) is 7.61. The lowest BCUT2D eigenvalue weighted by Gasteiger charge is -1.98. The van der Waals surface area contributed by atoms with Crippen LogP contribution >= 0.6 is 11.6 Å². The highest BCUT2D eigenvalue weighted by atomic mass is 35.5. The van der Waals surface area contributed by atoms with Gasteiger partial charge in [0.05, 0.1) is 6.26 Å². The van der Waals surface area contributed by atoms with E-state index in [1.54, 1.807) is 0 Å². The summed E-state index contributed by atoms with van der Waals surface area (Å²) in [5.41, 5.74) is 2.18. The van der Waals surface area contributed by atoms with Crippen molar-refractivity contribution in [1.82, 2.24) is 0 Å². The molecule has 0 unspecified atom stereocenters. The van der Waals surface area contributed by atoms with E-state index < -0.39 is 0 Å². The summed E-state index contributed by atoms with van der Waals surface area (Å²) < 4.78 is 5.49. The van der Waals surface area contributed by atoms with Crippen molar-refractivity contribution >= 4 is 22.6 Å². The van der Waals surface area contributed by atoms with E-state index in [-0.39, 0.29) is 0 Å². The normalized spacial score (nSPS) is 11.1. The number of aryl methyl sites for hydroxylation is 1. The van der Waals surface area contributed by atoms with Crippen molar-refractivity contribution in [1.29, 1.82) is 0 Å². The zero-order valence-electron chi connectivity index (χ0n) is 9.34. The zero-order chi connectivity index (χ0) is 11.4. The summed E-state index contributed by atoms with van der Waals surface area (Å²) in [7, 11) is 0. The molecule has 0 amide bonds. The van der Waals surface area contributed by atoms with Gasteiger partial charge in [-0.05, 0) is 36.6 Å². The van der Waals surface area contributed by atoms with E-state index >= 15 is 0 Å². The van der Waals surface area contributed by atoms with Gasteiger partial charge in [0.15, 0.2) is 0 Å². The molecule has 0 aliphatic rings. The van der Waals surface area contributed by atoms with Gasteiger partial charge in [0, 0.05) is 10.4 Å². The van der Waals surface area contributed by atoms with Crippen LogP contribution in [0.25, 0.3) is 11.0 Å². The summed E-state index contributed by atoms with van der Waals surface area (Å²) in [5, 5.41) is 1.92. The van der Waals surface area contributed by atoms with Crippen LogP contribution in [0.15, 0.2) is 28.9 Å². The van der Waals surface area contributed by atoms with Crippen LogP contribution in [0.3, 0.4) is 0 Å². The fourth-order valence-corrected chi connectivity index (χ4v) is 2.08. The van der Waals surface area contributed by atoms with Gasteiger partial charge in [-0.25, -0.2) is 0 Å². The minimum atomic E-state index is 0.727. The number of halogens is 1. The topological polar surface area (TPSA) is 13.1 Å². The Morgan fingerprint density at radius 1 is 1.19 bits per heavy atom. The molecule has 2 aromatic rings. The average Bonchev–Trinajstić information content (AvgIpc) is 2.67. The summed E-state index contributed by atoms with van der Waals surface area (Å²) >= 11 is 5.91. The SMILES string of the molecule is [CH2]CCCCCc1coc2cc(Cl)ccc12. The van der Waals surface area contributed by atoms with Gasteiger partial charge < -0.3 is 4.42 Å². The van der Waals surface area contributed by atoms with Crippen LogP contribution < -0.4 is 0 Å². The first-order valence-corrected chi connectivity index (χ1v) is 6.14. The molecule has 1 nitrogen and oxygen atoms in total. The number of hydrogen-bond acceptors (Lipinski definition) is 1. The van der Waals surface area contributed by atoms with E-state index in [0.717, 1.165) is 23.4 Å². The minimum Gasteiger partial charge on any atom is -0.464 e. The number of fused-ring (bicyclic) bond motifs is 1. The van der Waals surface area contributed by atoms with E-state index in [1.165, 1.54) is 30.2 Å². The summed E-state index contributed by atoms with van der Waals surface area (Å²) in [4.78, 5) is 0. The molecule has 85 valence electrons. The third kappa shape index (κ3) is 2.59. The Morgan fingerprint density at radius 2 is 2.06 bits per heavy atom. The molecule has 2 rings (SSSR count). The van der Waals surface area contributed by atoms with Crippen molar-refractivity contribution in [2.75, 3.05) is 0 Å². The lowest BCUT2D eigenvalue weighted by molar-refractivity contribution is 0.605. The molecule has 1 aromatic heterocycles. The quantitative estimate of drug-likeness (QED) is 0.663. The van der Waals surface area contributed by atoms with Crippen LogP contribution in [0.2, 0.25) is 5.02 Å². The molecule has 0 aliphatic heterocycles. The number of unbranched alkanes of at least 4 members (excludes halogenated alkanes) is 3. The molecule has 1 heterocycles. The molecule has 0 spiro atoms. The van der Waals surface area contributed by atoms with Gasteiger partial charge in [-0.1, -0.05) is 37.8 Å². The molecular weight excluding hydrogens is 220 g/mol. The third-order valence-corrected chi connectivity index (χ3v) is 3.05. The van der Waals surface area contributed by atoms with Gasteiger partial charge in [0.2, 0.25) is 0 Å². The van der Waals surface area contributed by atoms with Gasteiger partial charge in [-0.15, -0.1) is 0 Å².